The second-order valence-corrected chi connectivity index (χ2v) is 6.57. The lowest BCUT2D eigenvalue weighted by atomic mass is 10.1. The molecule has 0 amide bonds. The first-order valence-electron chi connectivity index (χ1n) is 8.31. The van der Waals surface area contributed by atoms with Crippen LogP contribution in [0.2, 0.25) is 5.02 Å². The average Bonchev–Trinajstić information content (AvgIpc) is 3.25. The first-order valence-corrected chi connectivity index (χ1v) is 8.69. The van der Waals surface area contributed by atoms with Crippen molar-refractivity contribution in [3.63, 3.8) is 0 Å². The fraction of sp³-hybridized carbons (Fsp3) is 0.312. The van der Waals surface area contributed by atoms with E-state index in [-0.39, 0.29) is 6.54 Å². The van der Waals surface area contributed by atoms with Crippen LogP contribution in [0.4, 0.5) is 11.5 Å². The van der Waals surface area contributed by atoms with Gasteiger partial charge >= 0.3 is 0 Å². The second kappa shape index (κ2) is 7.58. The normalized spacial score (nSPS) is 24.2. The quantitative estimate of drug-likeness (QED) is 0.335. The minimum atomic E-state index is -1.24. The molecule has 3 N–H and O–H groups in total. The number of rotatable bonds is 5. The number of halogens is 1. The molecule has 4 atom stereocenters. The second-order valence-electron chi connectivity index (χ2n) is 6.14. The molecule has 144 valence electrons. The number of nitrogens with one attached hydrogen (secondary N) is 1. The SMILES string of the molecule is [N-]=[N+]=NC[C@H]1O[C@@H](n2cnc3c(Nc4ccc(Cl)cc4)ncnc32)[C@H](O)[C@@H]1O. The number of ether oxygens (including phenoxy) is 1. The summed E-state index contributed by atoms with van der Waals surface area (Å²) in [5, 5.41) is 27.7. The number of aromatic nitrogens is 4. The van der Waals surface area contributed by atoms with Gasteiger partial charge in [0.05, 0.1) is 19.0 Å². The number of azide groups is 1. The fourth-order valence-electron chi connectivity index (χ4n) is 3.03. The van der Waals surface area contributed by atoms with Gasteiger partial charge in [0, 0.05) is 15.6 Å². The third-order valence-corrected chi connectivity index (χ3v) is 4.65. The smallest absolute Gasteiger partial charge is 0.167 e. The monoisotopic (exact) mass is 402 g/mol. The third-order valence-electron chi connectivity index (χ3n) is 4.40. The maximum Gasteiger partial charge on any atom is 0.167 e. The number of aliphatic hydroxyl groups is 2. The number of imidazole rings is 1. The number of benzene rings is 1. The largest absolute Gasteiger partial charge is 0.388 e. The predicted molar refractivity (Wildman–Crippen MR) is 100.0 cm³/mol. The van der Waals surface area contributed by atoms with Gasteiger partial charge in [-0.25, -0.2) is 15.0 Å². The van der Waals surface area contributed by atoms with Gasteiger partial charge in [-0.2, -0.15) is 0 Å². The van der Waals surface area contributed by atoms with Crippen molar-refractivity contribution in [2.45, 2.75) is 24.5 Å². The first kappa shape index (κ1) is 18.4. The summed E-state index contributed by atoms with van der Waals surface area (Å²) in [5.74, 6) is 0.463. The average molecular weight is 403 g/mol. The topological polar surface area (TPSA) is 154 Å². The summed E-state index contributed by atoms with van der Waals surface area (Å²) in [6.45, 7) is -0.101. The van der Waals surface area contributed by atoms with Crippen LogP contribution in [0, 0.1) is 0 Å². The molecular formula is C16H15ClN8O3. The van der Waals surface area contributed by atoms with Crippen molar-refractivity contribution in [2.75, 3.05) is 11.9 Å². The number of aliphatic hydroxyl groups excluding tert-OH is 2. The molecule has 28 heavy (non-hydrogen) atoms. The molecular weight excluding hydrogens is 388 g/mol. The van der Waals surface area contributed by atoms with E-state index in [4.69, 9.17) is 21.9 Å². The fourth-order valence-corrected chi connectivity index (χ4v) is 3.15. The molecule has 3 heterocycles. The molecule has 1 aliphatic rings. The van der Waals surface area contributed by atoms with Crippen molar-refractivity contribution in [1.29, 1.82) is 0 Å². The van der Waals surface area contributed by atoms with Crippen LogP contribution in [-0.2, 0) is 4.74 Å². The molecule has 1 aliphatic heterocycles. The van der Waals surface area contributed by atoms with Gasteiger partial charge in [0.25, 0.3) is 0 Å². The molecule has 0 saturated carbocycles. The molecule has 11 nitrogen and oxygen atoms in total. The Morgan fingerprint density at radius 1 is 1.21 bits per heavy atom. The van der Waals surface area contributed by atoms with Crippen LogP contribution in [0.15, 0.2) is 42.0 Å². The molecule has 4 rings (SSSR count). The summed E-state index contributed by atoms with van der Waals surface area (Å²) < 4.78 is 7.18. The van der Waals surface area contributed by atoms with Gasteiger partial charge in [0.15, 0.2) is 23.2 Å². The Balaban J connectivity index is 1.64. The van der Waals surface area contributed by atoms with Crippen LogP contribution in [0.5, 0.6) is 0 Å². The van der Waals surface area contributed by atoms with Crippen molar-refractivity contribution in [2.24, 2.45) is 5.11 Å². The Bertz CT molecular complexity index is 1040. The number of hydrogen-bond donors (Lipinski definition) is 3. The highest BCUT2D eigenvalue weighted by Gasteiger charge is 2.43. The van der Waals surface area contributed by atoms with Crippen molar-refractivity contribution in [3.05, 3.63) is 52.4 Å². The van der Waals surface area contributed by atoms with Crippen LogP contribution in [0.1, 0.15) is 6.23 Å². The zero-order valence-corrected chi connectivity index (χ0v) is 15.0. The highest BCUT2D eigenvalue weighted by Crippen LogP contribution is 2.33. The van der Waals surface area contributed by atoms with Crippen LogP contribution in [0.25, 0.3) is 21.6 Å². The number of nitrogens with zero attached hydrogens (tertiary/aromatic N) is 7. The minimum Gasteiger partial charge on any atom is -0.388 e. The lowest BCUT2D eigenvalue weighted by molar-refractivity contribution is -0.0321. The molecule has 12 heteroatoms. The summed E-state index contributed by atoms with van der Waals surface area (Å²) in [4.78, 5) is 15.4. The molecule has 2 aromatic heterocycles. The van der Waals surface area contributed by atoms with Crippen molar-refractivity contribution >= 4 is 34.3 Å². The van der Waals surface area contributed by atoms with Crippen LogP contribution in [-0.4, -0.2) is 54.6 Å². The van der Waals surface area contributed by atoms with E-state index in [9.17, 15) is 10.2 Å². The molecule has 0 bridgehead atoms. The van der Waals surface area contributed by atoms with E-state index in [1.54, 1.807) is 24.3 Å². The summed E-state index contributed by atoms with van der Waals surface area (Å²) in [6, 6.07) is 7.09. The van der Waals surface area contributed by atoms with Gasteiger partial charge in [-0.15, -0.1) is 0 Å². The van der Waals surface area contributed by atoms with E-state index in [1.165, 1.54) is 17.2 Å². The molecule has 1 fully saturated rings. The third kappa shape index (κ3) is 3.33. The van der Waals surface area contributed by atoms with Gasteiger partial charge < -0.3 is 20.3 Å². The van der Waals surface area contributed by atoms with Gasteiger partial charge in [0.2, 0.25) is 0 Å². The number of anilines is 2. The molecule has 0 aliphatic carbocycles. The van der Waals surface area contributed by atoms with Gasteiger partial charge in [-0.3, -0.25) is 4.57 Å². The minimum absolute atomic E-state index is 0.101. The number of hydrogen-bond acceptors (Lipinski definition) is 8. The molecule has 1 saturated heterocycles. The van der Waals surface area contributed by atoms with E-state index in [2.05, 4.69) is 30.3 Å². The summed E-state index contributed by atoms with van der Waals surface area (Å²) in [5.41, 5.74) is 10.1. The Kier molecular flexibility index (Phi) is 4.99. The Morgan fingerprint density at radius 3 is 2.75 bits per heavy atom. The van der Waals surface area contributed by atoms with Gasteiger partial charge in [-0.1, -0.05) is 16.7 Å². The van der Waals surface area contributed by atoms with E-state index >= 15 is 0 Å². The van der Waals surface area contributed by atoms with Crippen LogP contribution < -0.4 is 5.32 Å². The molecule has 0 spiro atoms. The molecule has 3 aromatic rings. The van der Waals surface area contributed by atoms with Gasteiger partial charge in [0.1, 0.15) is 18.5 Å². The Labute approximate surface area is 163 Å². The first-order chi connectivity index (χ1) is 13.6. The standard InChI is InChI=1S/C16H15ClN8O3/c17-8-1-3-9(4-2-8)23-14-11-15(20-6-19-14)25(7-21-11)16-13(27)12(26)10(28-16)5-22-24-18/h1-4,6-7,10,12-13,16,26-27H,5H2,(H,19,20,23)/t10-,12-,13-,16-/m1/s1. The summed E-state index contributed by atoms with van der Waals surface area (Å²) in [7, 11) is 0. The Morgan fingerprint density at radius 2 is 2.00 bits per heavy atom. The summed E-state index contributed by atoms with van der Waals surface area (Å²) >= 11 is 5.90. The highest BCUT2D eigenvalue weighted by atomic mass is 35.5. The van der Waals surface area contributed by atoms with Crippen LogP contribution in [0.3, 0.4) is 0 Å². The summed E-state index contributed by atoms with van der Waals surface area (Å²) in [6.07, 6.45) is -1.41. The predicted octanol–water partition coefficient (Wildman–Crippen LogP) is 2.15. The lowest BCUT2D eigenvalue weighted by Crippen LogP contribution is -2.32. The highest BCUT2D eigenvalue weighted by molar-refractivity contribution is 6.30. The van der Waals surface area contributed by atoms with Crippen LogP contribution >= 0.6 is 11.6 Å². The molecule has 1 aromatic carbocycles. The van der Waals surface area contributed by atoms with E-state index < -0.39 is 24.5 Å². The van der Waals surface area contributed by atoms with Gasteiger partial charge in [-0.05, 0) is 29.8 Å². The maximum absolute atomic E-state index is 10.4. The van der Waals surface area contributed by atoms with E-state index in [0.717, 1.165) is 5.69 Å². The zero-order valence-electron chi connectivity index (χ0n) is 14.3. The zero-order chi connectivity index (χ0) is 19.7. The molecule has 0 radical (unpaired) electrons. The van der Waals surface area contributed by atoms with E-state index in [1.807, 2.05) is 0 Å². The van der Waals surface area contributed by atoms with Crippen molar-refractivity contribution < 1.29 is 14.9 Å². The number of fused-ring (bicyclic) bond motifs is 1. The lowest BCUT2D eigenvalue weighted by Gasteiger charge is -2.16. The van der Waals surface area contributed by atoms with Crippen molar-refractivity contribution in [3.8, 4) is 0 Å². The maximum atomic E-state index is 10.4. The molecule has 0 unspecified atom stereocenters. The van der Waals surface area contributed by atoms with Crippen molar-refractivity contribution in [1.82, 2.24) is 19.5 Å². The Hall–Kier alpha value is -2.95. The van der Waals surface area contributed by atoms with E-state index in [0.29, 0.717) is 22.0 Å².